The van der Waals surface area contributed by atoms with Gasteiger partial charge in [0.2, 0.25) is 0 Å². The summed E-state index contributed by atoms with van der Waals surface area (Å²) in [4.78, 5) is 10.9. The van der Waals surface area contributed by atoms with Gasteiger partial charge in [0.05, 0.1) is 6.61 Å². The smallest absolute Gasteiger partial charge is 0.333 e. The predicted octanol–water partition coefficient (Wildman–Crippen LogP) is 2.22. The lowest BCUT2D eigenvalue weighted by Crippen LogP contribution is -1.93. The third kappa shape index (κ3) is 2.53. The van der Waals surface area contributed by atoms with Gasteiger partial charge in [-0.15, -0.1) is 0 Å². The van der Waals surface area contributed by atoms with Gasteiger partial charge in [-0.2, -0.15) is 0 Å². The molecule has 0 N–H and O–H groups in total. The Hall–Kier alpha value is -1.05. The van der Waals surface area contributed by atoms with E-state index in [1.165, 1.54) is 5.57 Å². The van der Waals surface area contributed by atoms with E-state index in [2.05, 4.69) is 6.08 Å². The number of allylic oxidation sites excluding steroid dienone is 3. The summed E-state index contributed by atoms with van der Waals surface area (Å²) in [6.45, 7) is 4.65. The molecule has 0 unspecified atom stereocenters. The molecule has 1 aliphatic heterocycles. The molecule has 1 fully saturated rings. The van der Waals surface area contributed by atoms with E-state index < -0.39 is 0 Å². The molecule has 1 rings (SSSR count). The van der Waals surface area contributed by atoms with E-state index in [9.17, 15) is 4.79 Å². The van der Waals surface area contributed by atoms with Crippen molar-refractivity contribution in [2.75, 3.05) is 6.61 Å². The Morgan fingerprint density at radius 3 is 2.83 bits per heavy atom. The Bertz CT molecular complexity index is 232. The van der Waals surface area contributed by atoms with Crippen LogP contribution < -0.4 is 0 Å². The first-order valence-corrected chi connectivity index (χ1v) is 4.19. The van der Waals surface area contributed by atoms with Crippen LogP contribution in [0, 0.1) is 0 Å². The second kappa shape index (κ2) is 4.10. The molecule has 1 saturated heterocycles. The fourth-order valence-corrected chi connectivity index (χ4v) is 1.07. The van der Waals surface area contributed by atoms with E-state index in [1.807, 2.05) is 19.9 Å². The molecule has 0 atom stereocenters. The summed E-state index contributed by atoms with van der Waals surface area (Å²) in [5.41, 5.74) is 2.10. The van der Waals surface area contributed by atoms with Crippen molar-refractivity contribution in [1.29, 1.82) is 0 Å². The van der Waals surface area contributed by atoms with Crippen molar-refractivity contribution in [3.8, 4) is 0 Å². The van der Waals surface area contributed by atoms with Crippen molar-refractivity contribution in [2.45, 2.75) is 26.7 Å². The minimum absolute atomic E-state index is 0.142. The first kappa shape index (κ1) is 9.04. The summed E-state index contributed by atoms with van der Waals surface area (Å²) in [5.74, 6) is -0.142. The summed E-state index contributed by atoms with van der Waals surface area (Å²) in [7, 11) is 0. The maximum absolute atomic E-state index is 10.9. The molecule has 0 aromatic heterocycles. The Labute approximate surface area is 72.9 Å². The van der Waals surface area contributed by atoms with Gasteiger partial charge in [0.1, 0.15) is 0 Å². The number of cyclic esters (lactones) is 1. The molecule has 0 radical (unpaired) electrons. The van der Waals surface area contributed by atoms with Gasteiger partial charge in [0.15, 0.2) is 0 Å². The topological polar surface area (TPSA) is 26.3 Å². The van der Waals surface area contributed by atoms with Gasteiger partial charge >= 0.3 is 5.97 Å². The quantitative estimate of drug-likeness (QED) is 0.357. The third-order valence-electron chi connectivity index (χ3n) is 1.76. The molecule has 2 heteroatoms. The van der Waals surface area contributed by atoms with E-state index in [0.29, 0.717) is 6.61 Å². The maximum Gasteiger partial charge on any atom is 0.333 e. The van der Waals surface area contributed by atoms with Crippen molar-refractivity contribution in [3.05, 3.63) is 23.3 Å². The van der Waals surface area contributed by atoms with E-state index in [0.717, 1.165) is 18.4 Å². The standard InChI is InChI=1S/C10H14O2/c1-8(2)4-3-5-9-6-7-12-10(9)11/h4-5H,3,6-7H2,1-2H3/b9-5-. The molecular weight excluding hydrogens is 152 g/mol. The Morgan fingerprint density at radius 2 is 2.33 bits per heavy atom. The fourth-order valence-electron chi connectivity index (χ4n) is 1.07. The number of hydrogen-bond donors (Lipinski definition) is 0. The van der Waals surface area contributed by atoms with Gasteiger partial charge < -0.3 is 4.74 Å². The summed E-state index contributed by atoms with van der Waals surface area (Å²) in [6.07, 6.45) is 5.66. The zero-order chi connectivity index (χ0) is 8.97. The summed E-state index contributed by atoms with van der Waals surface area (Å²) < 4.78 is 4.80. The highest BCUT2D eigenvalue weighted by molar-refractivity contribution is 5.90. The lowest BCUT2D eigenvalue weighted by molar-refractivity contribution is -0.135. The van der Waals surface area contributed by atoms with Gasteiger partial charge in [0, 0.05) is 12.0 Å². The van der Waals surface area contributed by atoms with Crippen molar-refractivity contribution >= 4 is 5.97 Å². The van der Waals surface area contributed by atoms with Crippen LogP contribution in [0.3, 0.4) is 0 Å². The highest BCUT2D eigenvalue weighted by atomic mass is 16.5. The second-order valence-electron chi connectivity index (χ2n) is 3.13. The average Bonchev–Trinajstić information content (AvgIpc) is 2.36. The van der Waals surface area contributed by atoms with Gasteiger partial charge in [-0.25, -0.2) is 4.79 Å². The normalized spacial score (nSPS) is 19.5. The second-order valence-corrected chi connectivity index (χ2v) is 3.13. The van der Waals surface area contributed by atoms with Gasteiger partial charge in [-0.3, -0.25) is 0 Å². The van der Waals surface area contributed by atoms with Crippen LogP contribution >= 0.6 is 0 Å². The largest absolute Gasteiger partial charge is 0.462 e. The average molecular weight is 166 g/mol. The van der Waals surface area contributed by atoms with Crippen LogP contribution in [0.4, 0.5) is 0 Å². The minimum Gasteiger partial charge on any atom is -0.462 e. The number of ether oxygens (including phenoxy) is 1. The molecule has 0 aromatic rings. The predicted molar refractivity (Wildman–Crippen MR) is 47.7 cm³/mol. The lowest BCUT2D eigenvalue weighted by atomic mass is 10.1. The van der Waals surface area contributed by atoms with Crippen LogP contribution in [0.1, 0.15) is 26.7 Å². The molecule has 12 heavy (non-hydrogen) atoms. The Kier molecular flexibility index (Phi) is 3.09. The molecule has 0 aliphatic carbocycles. The van der Waals surface area contributed by atoms with Crippen LogP contribution in [-0.4, -0.2) is 12.6 Å². The van der Waals surface area contributed by atoms with E-state index >= 15 is 0 Å². The SMILES string of the molecule is CC(C)=CC/C=C1/CCOC1=O. The van der Waals surface area contributed by atoms with Gasteiger partial charge in [0.25, 0.3) is 0 Å². The zero-order valence-corrected chi connectivity index (χ0v) is 7.59. The van der Waals surface area contributed by atoms with Gasteiger partial charge in [-0.1, -0.05) is 17.7 Å². The molecule has 0 spiro atoms. The highest BCUT2D eigenvalue weighted by Gasteiger charge is 2.17. The molecule has 66 valence electrons. The van der Waals surface area contributed by atoms with Crippen LogP contribution in [-0.2, 0) is 9.53 Å². The number of hydrogen-bond acceptors (Lipinski definition) is 2. The van der Waals surface area contributed by atoms with Crippen LogP contribution in [0.15, 0.2) is 23.3 Å². The fraction of sp³-hybridized carbons (Fsp3) is 0.500. The molecule has 0 aromatic carbocycles. The number of esters is 1. The van der Waals surface area contributed by atoms with Crippen LogP contribution in [0.2, 0.25) is 0 Å². The van der Waals surface area contributed by atoms with E-state index in [1.54, 1.807) is 0 Å². The van der Waals surface area contributed by atoms with Crippen molar-refractivity contribution in [3.63, 3.8) is 0 Å². The molecular formula is C10H14O2. The van der Waals surface area contributed by atoms with Gasteiger partial charge in [-0.05, 0) is 20.3 Å². The van der Waals surface area contributed by atoms with Crippen molar-refractivity contribution in [2.24, 2.45) is 0 Å². The molecule has 0 saturated carbocycles. The molecule has 0 bridgehead atoms. The zero-order valence-electron chi connectivity index (χ0n) is 7.59. The van der Waals surface area contributed by atoms with Crippen molar-refractivity contribution < 1.29 is 9.53 Å². The Balaban J connectivity index is 2.46. The molecule has 1 aliphatic rings. The van der Waals surface area contributed by atoms with E-state index in [4.69, 9.17) is 4.74 Å². The highest BCUT2D eigenvalue weighted by Crippen LogP contribution is 2.13. The monoisotopic (exact) mass is 166 g/mol. The van der Waals surface area contributed by atoms with Crippen LogP contribution in [0.5, 0.6) is 0 Å². The minimum atomic E-state index is -0.142. The number of carbonyl (C=O) groups is 1. The lowest BCUT2D eigenvalue weighted by Gasteiger charge is -1.90. The van der Waals surface area contributed by atoms with Crippen molar-refractivity contribution in [1.82, 2.24) is 0 Å². The molecule has 2 nitrogen and oxygen atoms in total. The molecule has 0 amide bonds. The summed E-state index contributed by atoms with van der Waals surface area (Å²) in [6, 6.07) is 0. The summed E-state index contributed by atoms with van der Waals surface area (Å²) in [5, 5.41) is 0. The number of rotatable bonds is 2. The maximum atomic E-state index is 10.9. The van der Waals surface area contributed by atoms with E-state index in [-0.39, 0.29) is 5.97 Å². The first-order valence-electron chi connectivity index (χ1n) is 4.19. The molecule has 1 heterocycles. The summed E-state index contributed by atoms with van der Waals surface area (Å²) >= 11 is 0. The number of carbonyl (C=O) groups excluding carboxylic acids is 1. The van der Waals surface area contributed by atoms with Crippen LogP contribution in [0.25, 0.3) is 0 Å². The first-order chi connectivity index (χ1) is 5.70. The Morgan fingerprint density at radius 1 is 1.58 bits per heavy atom. The third-order valence-corrected chi connectivity index (χ3v) is 1.76.